The Morgan fingerprint density at radius 2 is 0.843 bits per heavy atom. The van der Waals surface area contributed by atoms with E-state index in [1.807, 2.05) is 121 Å². The molecule has 2 aliphatic heterocycles. The zero-order valence-corrected chi connectivity index (χ0v) is 38.8. The van der Waals surface area contributed by atoms with Crippen molar-refractivity contribution in [1.29, 1.82) is 0 Å². The Kier molecular flexibility index (Phi) is 18.0. The number of esters is 3. The van der Waals surface area contributed by atoms with E-state index >= 15 is 0 Å². The molecule has 0 N–H and O–H groups in total. The van der Waals surface area contributed by atoms with Crippen molar-refractivity contribution < 1.29 is 66.5 Å². The summed E-state index contributed by atoms with van der Waals surface area (Å²) < 4.78 is 70.7. The highest BCUT2D eigenvalue weighted by Gasteiger charge is 2.58. The minimum Gasteiger partial charge on any atom is -0.467 e. The van der Waals surface area contributed by atoms with Gasteiger partial charge in [-0.3, -0.25) is 0 Å². The van der Waals surface area contributed by atoms with Gasteiger partial charge in [-0.15, -0.1) is 0 Å². The first-order valence-electron chi connectivity index (χ1n) is 23.1. The summed E-state index contributed by atoms with van der Waals surface area (Å²) in [6.45, 7) is 0.608. The Morgan fingerprint density at radius 3 is 1.30 bits per heavy atom. The van der Waals surface area contributed by atoms with Crippen LogP contribution in [0.1, 0.15) is 43.0 Å². The van der Waals surface area contributed by atoms with Crippen molar-refractivity contribution in [3.63, 3.8) is 0 Å². The number of rotatable bonds is 21. The third kappa shape index (κ3) is 13.2. The molecule has 2 heterocycles. The lowest BCUT2D eigenvalue weighted by Crippen LogP contribution is -2.67. The summed E-state index contributed by atoms with van der Waals surface area (Å²) in [6, 6.07) is 55.1. The Morgan fingerprint density at radius 1 is 0.429 bits per heavy atom. The van der Waals surface area contributed by atoms with E-state index in [1.165, 1.54) is 14.2 Å². The van der Waals surface area contributed by atoms with E-state index in [9.17, 15) is 14.4 Å². The highest BCUT2D eigenvalue weighted by Crippen LogP contribution is 2.37. The first-order chi connectivity index (χ1) is 34.4. The predicted octanol–water partition coefficient (Wildman–Crippen LogP) is 8.07. The van der Waals surface area contributed by atoms with Gasteiger partial charge in [0.2, 0.25) is 0 Å². The van der Waals surface area contributed by atoms with Crippen molar-refractivity contribution in [2.75, 3.05) is 20.8 Å². The number of ether oxygens (including phenoxy) is 11. The molecule has 2 saturated heterocycles. The lowest BCUT2D eigenvalue weighted by atomic mass is 9.95. The average molecular weight is 953 g/mol. The van der Waals surface area contributed by atoms with E-state index < -0.39 is 79.3 Å². The zero-order chi connectivity index (χ0) is 48.5. The largest absolute Gasteiger partial charge is 0.467 e. The first-order valence-corrected chi connectivity index (χ1v) is 23.1. The first kappa shape index (κ1) is 49.8. The molecule has 0 bridgehead atoms. The summed E-state index contributed by atoms with van der Waals surface area (Å²) in [6.07, 6.45) is -13.1. The fourth-order valence-electron chi connectivity index (χ4n) is 8.26. The van der Waals surface area contributed by atoms with Crippen molar-refractivity contribution in [2.45, 2.75) is 87.8 Å². The SMILES string of the molecule is COC(=O)[C@H]1O[C@@H](OC)[C@H](OC(=O)c2ccccc2)[C@@H](OC(=O)c2ccccc2)[C@@H]1O[C@H]1O[C@H](COCc2ccccc2)[C@@H](OCc2ccccc2)[C@H](OCc2ccccc2)[C@H]1OCc1ccccc1. The number of benzene rings is 6. The summed E-state index contributed by atoms with van der Waals surface area (Å²) in [4.78, 5) is 42.1. The Labute approximate surface area is 407 Å². The van der Waals surface area contributed by atoms with Gasteiger partial charge >= 0.3 is 17.9 Å². The molecule has 0 spiro atoms. The molecule has 364 valence electrons. The molecule has 6 aromatic carbocycles. The molecule has 2 aliphatic rings. The average Bonchev–Trinajstić information content (AvgIpc) is 3.41. The van der Waals surface area contributed by atoms with Crippen LogP contribution in [0.4, 0.5) is 0 Å². The second kappa shape index (κ2) is 25.3. The van der Waals surface area contributed by atoms with Crippen LogP contribution in [0, 0.1) is 0 Å². The number of hydrogen-bond acceptors (Lipinski definition) is 14. The molecule has 10 atom stereocenters. The minimum absolute atomic E-state index is 0.0120. The van der Waals surface area contributed by atoms with E-state index in [0.29, 0.717) is 0 Å². The van der Waals surface area contributed by atoms with Crippen LogP contribution in [0.25, 0.3) is 0 Å². The highest BCUT2D eigenvalue weighted by atomic mass is 16.8. The highest BCUT2D eigenvalue weighted by molar-refractivity contribution is 5.90. The molecular weight excluding hydrogens is 897 g/mol. The van der Waals surface area contributed by atoms with Crippen LogP contribution in [-0.4, -0.2) is 100 Å². The topological polar surface area (TPSA) is 153 Å². The maximum atomic E-state index is 14.2. The molecule has 0 amide bonds. The molecule has 6 aromatic rings. The van der Waals surface area contributed by atoms with Crippen molar-refractivity contribution in [3.05, 3.63) is 215 Å². The molecule has 0 aromatic heterocycles. The number of carbonyl (C=O) groups is 3. The molecule has 14 heteroatoms. The molecule has 0 unspecified atom stereocenters. The fourth-order valence-corrected chi connectivity index (χ4v) is 8.26. The zero-order valence-electron chi connectivity index (χ0n) is 38.8. The van der Waals surface area contributed by atoms with Crippen molar-refractivity contribution >= 4 is 17.9 Å². The van der Waals surface area contributed by atoms with Crippen LogP contribution < -0.4 is 0 Å². The van der Waals surface area contributed by atoms with Crippen LogP contribution in [-0.2, 0) is 83.3 Å². The molecule has 0 aliphatic carbocycles. The van der Waals surface area contributed by atoms with Gasteiger partial charge in [-0.25, -0.2) is 14.4 Å². The normalized spacial score (nSPS) is 24.3. The molecular formula is C56H56O14. The Balaban J connectivity index is 1.22. The van der Waals surface area contributed by atoms with Gasteiger partial charge in [0.25, 0.3) is 0 Å². The van der Waals surface area contributed by atoms with E-state index in [4.69, 9.17) is 52.1 Å². The van der Waals surface area contributed by atoms with E-state index in [1.54, 1.807) is 60.7 Å². The van der Waals surface area contributed by atoms with Gasteiger partial charge in [0.15, 0.2) is 30.9 Å². The van der Waals surface area contributed by atoms with Crippen LogP contribution in [0.2, 0.25) is 0 Å². The Hall–Kier alpha value is -6.59. The monoisotopic (exact) mass is 952 g/mol. The lowest BCUT2D eigenvalue weighted by Gasteiger charge is -2.49. The third-order valence-electron chi connectivity index (χ3n) is 11.8. The standard InChI is InChI=1S/C56H56O14/c1-60-54(59)49-47(48(67-52(57)42-29-17-7-18-30-42)51(55(61-2)70-49)68-53(58)43-31-19-8-20-32-43)69-56-50(65-36-41-27-15-6-16-28-41)46(64-35-40-25-13-5-14-26-40)45(63-34-39-23-11-4-12-24-39)44(66-56)37-62-33-38-21-9-3-10-22-38/h3-32,44-51,55-56H,33-37H2,1-2H3/t44-,45-,46+,47+,48+,49+,50-,51-,55-,56-/m1/s1. The second-order valence-corrected chi connectivity index (χ2v) is 16.6. The molecule has 70 heavy (non-hydrogen) atoms. The summed E-state index contributed by atoms with van der Waals surface area (Å²) in [5.74, 6) is -2.50. The van der Waals surface area contributed by atoms with E-state index in [-0.39, 0.29) is 44.2 Å². The fraction of sp³-hybridized carbons (Fsp3) is 0.304. The van der Waals surface area contributed by atoms with Crippen LogP contribution in [0.3, 0.4) is 0 Å². The van der Waals surface area contributed by atoms with Crippen LogP contribution in [0.15, 0.2) is 182 Å². The van der Waals surface area contributed by atoms with Crippen molar-refractivity contribution in [1.82, 2.24) is 0 Å². The van der Waals surface area contributed by atoms with Gasteiger partial charge in [0, 0.05) is 7.11 Å². The smallest absolute Gasteiger partial charge is 0.338 e. The van der Waals surface area contributed by atoms with Crippen molar-refractivity contribution in [2.24, 2.45) is 0 Å². The lowest BCUT2D eigenvalue weighted by molar-refractivity contribution is -0.364. The number of carbonyl (C=O) groups excluding carboxylic acids is 3. The predicted molar refractivity (Wildman–Crippen MR) is 254 cm³/mol. The van der Waals surface area contributed by atoms with Gasteiger partial charge < -0.3 is 52.1 Å². The van der Waals surface area contributed by atoms with Crippen LogP contribution in [0.5, 0.6) is 0 Å². The minimum atomic E-state index is -1.64. The van der Waals surface area contributed by atoms with E-state index in [2.05, 4.69) is 0 Å². The van der Waals surface area contributed by atoms with Gasteiger partial charge in [0.1, 0.15) is 30.5 Å². The maximum Gasteiger partial charge on any atom is 0.338 e. The quantitative estimate of drug-likeness (QED) is 0.0505. The number of hydrogen-bond donors (Lipinski definition) is 0. The third-order valence-corrected chi connectivity index (χ3v) is 11.8. The number of methoxy groups -OCH3 is 2. The molecule has 0 saturated carbocycles. The van der Waals surface area contributed by atoms with Gasteiger partial charge in [-0.05, 0) is 46.5 Å². The summed E-state index contributed by atoms with van der Waals surface area (Å²) >= 11 is 0. The second-order valence-electron chi connectivity index (χ2n) is 16.6. The van der Waals surface area contributed by atoms with E-state index in [0.717, 1.165) is 22.3 Å². The Bertz CT molecular complexity index is 2500. The summed E-state index contributed by atoms with van der Waals surface area (Å²) in [7, 11) is 2.49. The molecule has 8 rings (SSSR count). The van der Waals surface area contributed by atoms with Gasteiger partial charge in [-0.1, -0.05) is 158 Å². The van der Waals surface area contributed by atoms with Gasteiger partial charge in [-0.2, -0.15) is 0 Å². The van der Waals surface area contributed by atoms with Crippen molar-refractivity contribution in [3.8, 4) is 0 Å². The van der Waals surface area contributed by atoms with Crippen LogP contribution >= 0.6 is 0 Å². The molecule has 0 radical (unpaired) electrons. The van der Waals surface area contributed by atoms with Gasteiger partial charge in [0.05, 0.1) is 51.3 Å². The molecule has 2 fully saturated rings. The molecule has 14 nitrogen and oxygen atoms in total. The maximum absolute atomic E-state index is 14.2. The summed E-state index contributed by atoms with van der Waals surface area (Å²) in [5, 5.41) is 0. The summed E-state index contributed by atoms with van der Waals surface area (Å²) in [5.41, 5.74) is 3.91.